The molecule has 0 aliphatic carbocycles. The van der Waals surface area contributed by atoms with Crippen LogP contribution in [-0.4, -0.2) is 9.97 Å². The molecule has 0 atom stereocenters. The summed E-state index contributed by atoms with van der Waals surface area (Å²) in [4.78, 5) is 8.19. The summed E-state index contributed by atoms with van der Waals surface area (Å²) in [7, 11) is 0. The van der Waals surface area contributed by atoms with Gasteiger partial charge in [-0.1, -0.05) is 35.7 Å². The molecule has 1 N–H and O–H groups in total. The van der Waals surface area contributed by atoms with E-state index in [0.29, 0.717) is 11.8 Å². The van der Waals surface area contributed by atoms with Crippen LogP contribution in [0.5, 0.6) is 5.88 Å². The number of rotatable bonds is 3. The number of hydrogen-bond acceptors (Lipinski definition) is 4. The van der Waals surface area contributed by atoms with Crippen LogP contribution in [0.4, 0.5) is 11.6 Å². The number of ether oxygens (including phenoxy) is 1. The van der Waals surface area contributed by atoms with Gasteiger partial charge in [0.25, 0.3) is 0 Å². The van der Waals surface area contributed by atoms with E-state index < -0.39 is 0 Å². The molecule has 0 saturated carbocycles. The Balaban J connectivity index is 2.22. The third-order valence-electron chi connectivity index (χ3n) is 1.96. The van der Waals surface area contributed by atoms with Crippen molar-refractivity contribution >= 4 is 23.2 Å². The summed E-state index contributed by atoms with van der Waals surface area (Å²) in [6.07, 6.45) is 2.46. The Hall–Kier alpha value is -2.25. The molecule has 1 aromatic heterocycles. The lowest BCUT2D eigenvalue weighted by Gasteiger charge is -2.05. The Morgan fingerprint density at radius 1 is 1.22 bits per heavy atom. The van der Waals surface area contributed by atoms with E-state index >= 15 is 0 Å². The summed E-state index contributed by atoms with van der Waals surface area (Å²) in [5.41, 5.74) is 0.868. The SMILES string of the molecule is CC#COc1cc(Cl)nc(Nc2ccccc2)n1. The number of nitrogens with one attached hydrogen (secondary N) is 1. The van der Waals surface area contributed by atoms with E-state index in [2.05, 4.69) is 27.3 Å². The van der Waals surface area contributed by atoms with Gasteiger partial charge in [-0.2, -0.15) is 4.98 Å². The first kappa shape index (κ1) is 12.2. The van der Waals surface area contributed by atoms with E-state index in [4.69, 9.17) is 16.3 Å². The zero-order chi connectivity index (χ0) is 12.8. The number of nitrogens with zero attached hydrogens (tertiary/aromatic N) is 2. The highest BCUT2D eigenvalue weighted by Gasteiger charge is 2.04. The second-order valence-electron chi connectivity index (χ2n) is 3.30. The molecule has 0 unspecified atom stereocenters. The number of halogens is 1. The van der Waals surface area contributed by atoms with Crippen molar-refractivity contribution in [2.24, 2.45) is 0 Å². The van der Waals surface area contributed by atoms with Crippen LogP contribution in [0.15, 0.2) is 36.4 Å². The summed E-state index contributed by atoms with van der Waals surface area (Å²) in [5.74, 6) is 3.28. The molecule has 0 bridgehead atoms. The van der Waals surface area contributed by atoms with Crippen molar-refractivity contribution in [3.8, 4) is 17.9 Å². The Kier molecular flexibility index (Phi) is 4.00. The Morgan fingerprint density at radius 2 is 2.00 bits per heavy atom. The summed E-state index contributed by atoms with van der Waals surface area (Å²) in [6, 6.07) is 11.0. The fourth-order valence-electron chi connectivity index (χ4n) is 1.26. The molecule has 1 aromatic carbocycles. The summed E-state index contributed by atoms with van der Waals surface area (Å²) in [6.45, 7) is 1.67. The van der Waals surface area contributed by atoms with Gasteiger partial charge < -0.3 is 10.1 Å². The lowest BCUT2D eigenvalue weighted by atomic mass is 10.3. The van der Waals surface area contributed by atoms with E-state index in [-0.39, 0.29) is 5.15 Å². The first-order valence-corrected chi connectivity index (χ1v) is 5.61. The zero-order valence-electron chi connectivity index (χ0n) is 9.64. The molecule has 5 heteroatoms. The molecule has 4 nitrogen and oxygen atoms in total. The molecule has 2 rings (SSSR count). The van der Waals surface area contributed by atoms with Gasteiger partial charge in [0.1, 0.15) is 11.3 Å². The Labute approximate surface area is 110 Å². The molecule has 0 amide bonds. The third kappa shape index (κ3) is 3.37. The van der Waals surface area contributed by atoms with Crippen molar-refractivity contribution in [2.75, 3.05) is 5.32 Å². The Morgan fingerprint density at radius 3 is 2.72 bits per heavy atom. The van der Waals surface area contributed by atoms with Gasteiger partial charge in [-0.05, 0) is 12.1 Å². The number of benzene rings is 1. The second kappa shape index (κ2) is 5.89. The van der Waals surface area contributed by atoms with E-state index in [0.717, 1.165) is 5.69 Å². The molecule has 1 heterocycles. The maximum absolute atomic E-state index is 5.88. The van der Waals surface area contributed by atoms with Crippen molar-refractivity contribution < 1.29 is 4.74 Å². The first-order chi connectivity index (χ1) is 8.78. The molecule has 0 radical (unpaired) electrons. The van der Waals surface area contributed by atoms with Crippen molar-refractivity contribution in [3.05, 3.63) is 41.6 Å². The van der Waals surface area contributed by atoms with Gasteiger partial charge in [0.15, 0.2) is 0 Å². The predicted octanol–water partition coefficient (Wildman–Crippen LogP) is 3.23. The molecular formula is C13H10ClN3O. The lowest BCUT2D eigenvalue weighted by Crippen LogP contribution is -1.98. The third-order valence-corrected chi connectivity index (χ3v) is 2.15. The van der Waals surface area contributed by atoms with Crippen LogP contribution in [0.2, 0.25) is 5.15 Å². The van der Waals surface area contributed by atoms with Crippen LogP contribution in [0, 0.1) is 12.0 Å². The van der Waals surface area contributed by atoms with Crippen LogP contribution in [0.1, 0.15) is 6.92 Å². The van der Waals surface area contributed by atoms with E-state index in [9.17, 15) is 0 Å². The highest BCUT2D eigenvalue weighted by Crippen LogP contribution is 2.19. The van der Waals surface area contributed by atoms with Crippen LogP contribution >= 0.6 is 11.6 Å². The standard InChI is InChI=1S/C13H10ClN3O/c1-2-8-18-12-9-11(14)16-13(17-12)15-10-6-4-3-5-7-10/h3-7,9H,1H3,(H,15,16,17). The minimum Gasteiger partial charge on any atom is -0.387 e. The lowest BCUT2D eigenvalue weighted by molar-refractivity contribution is 0.497. The van der Waals surface area contributed by atoms with Crippen molar-refractivity contribution in [2.45, 2.75) is 6.92 Å². The highest BCUT2D eigenvalue weighted by molar-refractivity contribution is 6.29. The normalized spacial score (nSPS) is 9.22. The van der Waals surface area contributed by atoms with Gasteiger partial charge in [-0.25, -0.2) is 4.98 Å². The monoisotopic (exact) mass is 259 g/mol. The van der Waals surface area contributed by atoms with E-state index in [1.807, 2.05) is 30.3 Å². The summed E-state index contributed by atoms with van der Waals surface area (Å²) >= 11 is 5.88. The molecule has 18 heavy (non-hydrogen) atoms. The quantitative estimate of drug-likeness (QED) is 0.679. The minimum atomic E-state index is 0.288. The average Bonchev–Trinajstić information content (AvgIpc) is 2.37. The number of anilines is 2. The molecular weight excluding hydrogens is 250 g/mol. The van der Waals surface area contributed by atoms with Crippen LogP contribution in [0.25, 0.3) is 0 Å². The molecule has 90 valence electrons. The van der Waals surface area contributed by atoms with Gasteiger partial charge in [0, 0.05) is 18.7 Å². The number of para-hydroxylation sites is 1. The largest absolute Gasteiger partial charge is 0.387 e. The van der Waals surface area contributed by atoms with Crippen molar-refractivity contribution in [1.82, 2.24) is 9.97 Å². The second-order valence-corrected chi connectivity index (χ2v) is 3.68. The minimum absolute atomic E-state index is 0.288. The molecule has 0 saturated heterocycles. The number of hydrogen-bond donors (Lipinski definition) is 1. The zero-order valence-corrected chi connectivity index (χ0v) is 10.4. The summed E-state index contributed by atoms with van der Waals surface area (Å²) < 4.78 is 5.08. The fourth-order valence-corrected chi connectivity index (χ4v) is 1.43. The first-order valence-electron chi connectivity index (χ1n) is 5.23. The molecule has 2 aromatic rings. The van der Waals surface area contributed by atoms with Crippen molar-refractivity contribution in [3.63, 3.8) is 0 Å². The number of aromatic nitrogens is 2. The van der Waals surface area contributed by atoms with Crippen LogP contribution < -0.4 is 10.1 Å². The van der Waals surface area contributed by atoms with Crippen molar-refractivity contribution in [1.29, 1.82) is 0 Å². The fraction of sp³-hybridized carbons (Fsp3) is 0.0769. The highest BCUT2D eigenvalue weighted by atomic mass is 35.5. The van der Waals surface area contributed by atoms with Gasteiger partial charge in [0.05, 0.1) is 0 Å². The van der Waals surface area contributed by atoms with Gasteiger partial charge >= 0.3 is 0 Å². The van der Waals surface area contributed by atoms with Gasteiger partial charge in [-0.15, -0.1) is 0 Å². The van der Waals surface area contributed by atoms with Crippen LogP contribution in [-0.2, 0) is 0 Å². The molecule has 0 fully saturated rings. The molecule has 0 aliphatic heterocycles. The average molecular weight is 260 g/mol. The smallest absolute Gasteiger partial charge is 0.237 e. The molecule has 0 spiro atoms. The van der Waals surface area contributed by atoms with Gasteiger partial charge in [-0.3, -0.25) is 0 Å². The maximum atomic E-state index is 5.88. The van der Waals surface area contributed by atoms with Gasteiger partial charge in [0.2, 0.25) is 11.8 Å². The maximum Gasteiger partial charge on any atom is 0.237 e. The molecule has 0 aliphatic rings. The van der Waals surface area contributed by atoms with E-state index in [1.54, 1.807) is 6.92 Å². The topological polar surface area (TPSA) is 47.0 Å². The van der Waals surface area contributed by atoms with Crippen LogP contribution in [0.3, 0.4) is 0 Å². The Bertz CT molecular complexity index is 590. The predicted molar refractivity (Wildman–Crippen MR) is 70.8 cm³/mol. The summed E-state index contributed by atoms with van der Waals surface area (Å²) in [5, 5.41) is 3.31. The van der Waals surface area contributed by atoms with E-state index in [1.165, 1.54) is 6.07 Å².